The van der Waals surface area contributed by atoms with Gasteiger partial charge in [-0.25, -0.2) is 0 Å². The lowest BCUT2D eigenvalue weighted by Gasteiger charge is -2.09. The lowest BCUT2D eigenvalue weighted by molar-refractivity contribution is -0.143. The third-order valence-electron chi connectivity index (χ3n) is 2.13. The molecule has 9 heteroatoms. The van der Waals surface area contributed by atoms with E-state index < -0.39 is 23.6 Å². The fourth-order valence-corrected chi connectivity index (χ4v) is 1.38. The highest BCUT2D eigenvalue weighted by atomic mass is 19.4. The minimum absolute atomic E-state index is 0.0364. The molecule has 1 aromatic rings. The van der Waals surface area contributed by atoms with Gasteiger partial charge in [0.2, 0.25) is 0 Å². The van der Waals surface area contributed by atoms with E-state index in [0.717, 1.165) is 12.3 Å². The maximum atomic E-state index is 12.6. The van der Waals surface area contributed by atoms with Crippen LogP contribution in [0.5, 0.6) is 0 Å². The first-order chi connectivity index (χ1) is 8.19. The third kappa shape index (κ3) is 2.20. The fraction of sp³-hybridized carbons (Fsp3) is 0.222. The normalized spacial score (nSPS) is 15.8. The standard InChI is InChI=1S/C9H4F6N3/c10-8(11,12)5-3-6(9(13,14)15)18(4-5)7-1-2-16-17-7/h1-4H. The Balaban J connectivity index is 2.56. The van der Waals surface area contributed by atoms with Crippen molar-refractivity contribution in [2.24, 2.45) is 5.10 Å². The Labute approximate surface area is 96.4 Å². The largest absolute Gasteiger partial charge is 0.431 e. The molecule has 2 rings (SSSR count). The number of halogens is 6. The Morgan fingerprint density at radius 3 is 2.11 bits per heavy atom. The van der Waals surface area contributed by atoms with Crippen LogP contribution in [0.1, 0.15) is 11.3 Å². The van der Waals surface area contributed by atoms with E-state index in [0.29, 0.717) is 10.8 Å². The smallest absolute Gasteiger partial charge is 0.295 e. The molecular weight excluding hydrogens is 264 g/mol. The summed E-state index contributed by atoms with van der Waals surface area (Å²) in [6.07, 6.45) is -7.27. The fourth-order valence-electron chi connectivity index (χ4n) is 1.38. The van der Waals surface area contributed by atoms with Crippen LogP contribution in [0.4, 0.5) is 26.3 Å². The SMILES string of the molecule is FC(F)(F)c1cc(C(F)(F)F)n(C2=N[N]C=C2)c1. The maximum absolute atomic E-state index is 12.6. The topological polar surface area (TPSA) is 31.4 Å². The minimum atomic E-state index is -4.91. The van der Waals surface area contributed by atoms with Crippen LogP contribution in [0, 0.1) is 0 Å². The van der Waals surface area contributed by atoms with E-state index in [1.165, 1.54) is 0 Å². The number of hydrogen-bond acceptors (Lipinski definition) is 1. The molecule has 0 amide bonds. The molecule has 97 valence electrons. The molecule has 1 aromatic heterocycles. The van der Waals surface area contributed by atoms with E-state index in [1.54, 1.807) is 0 Å². The van der Waals surface area contributed by atoms with Gasteiger partial charge < -0.3 is 0 Å². The molecule has 1 aliphatic rings. The predicted molar refractivity (Wildman–Crippen MR) is 48.5 cm³/mol. The second kappa shape index (κ2) is 3.79. The van der Waals surface area contributed by atoms with Gasteiger partial charge in [0, 0.05) is 12.3 Å². The van der Waals surface area contributed by atoms with Crippen molar-refractivity contribution in [1.29, 1.82) is 0 Å². The highest BCUT2D eigenvalue weighted by molar-refractivity contribution is 5.96. The molecule has 0 atom stereocenters. The van der Waals surface area contributed by atoms with Gasteiger partial charge in [0.05, 0.1) is 11.8 Å². The molecule has 0 saturated carbocycles. The van der Waals surface area contributed by atoms with Gasteiger partial charge in [0.15, 0.2) is 5.84 Å². The lowest BCUT2D eigenvalue weighted by Crippen LogP contribution is -2.17. The Hall–Kier alpha value is -1.93. The van der Waals surface area contributed by atoms with Gasteiger partial charge in [0.25, 0.3) is 0 Å². The summed E-state index contributed by atoms with van der Waals surface area (Å²) in [4.78, 5) is 0. The van der Waals surface area contributed by atoms with Crippen LogP contribution in [0.3, 0.4) is 0 Å². The van der Waals surface area contributed by atoms with Crippen molar-refractivity contribution in [3.05, 3.63) is 35.8 Å². The molecule has 0 saturated heterocycles. The molecule has 1 aliphatic heterocycles. The second-order valence-corrected chi connectivity index (χ2v) is 3.37. The summed E-state index contributed by atoms with van der Waals surface area (Å²) < 4.78 is 75.3. The van der Waals surface area contributed by atoms with Gasteiger partial charge in [-0.1, -0.05) is 0 Å². The maximum Gasteiger partial charge on any atom is 0.431 e. The summed E-state index contributed by atoms with van der Waals surface area (Å²) in [7, 11) is 0. The molecule has 1 radical (unpaired) electrons. The van der Waals surface area contributed by atoms with Crippen LogP contribution < -0.4 is 5.43 Å². The molecule has 18 heavy (non-hydrogen) atoms. The van der Waals surface area contributed by atoms with E-state index in [2.05, 4.69) is 10.5 Å². The molecule has 3 nitrogen and oxygen atoms in total. The van der Waals surface area contributed by atoms with Crippen LogP contribution in [0.15, 0.2) is 29.6 Å². The number of rotatable bonds is 0. The summed E-state index contributed by atoms with van der Waals surface area (Å²) in [6, 6.07) is 0.0364. The number of hydrogen-bond donors (Lipinski definition) is 0. The zero-order valence-corrected chi connectivity index (χ0v) is 8.42. The Morgan fingerprint density at radius 1 is 1.00 bits per heavy atom. The van der Waals surface area contributed by atoms with E-state index in [-0.39, 0.29) is 11.9 Å². The molecule has 0 spiro atoms. The van der Waals surface area contributed by atoms with Crippen LogP contribution >= 0.6 is 0 Å². The number of nitrogens with zero attached hydrogens (tertiary/aromatic N) is 3. The zero-order chi connectivity index (χ0) is 13.6. The lowest BCUT2D eigenvalue weighted by atomic mass is 10.3. The van der Waals surface area contributed by atoms with Crippen molar-refractivity contribution in [2.75, 3.05) is 0 Å². The summed E-state index contributed by atoms with van der Waals surface area (Å²) in [6.45, 7) is 0. The highest BCUT2D eigenvalue weighted by Gasteiger charge is 2.41. The van der Waals surface area contributed by atoms with Crippen LogP contribution in [-0.4, -0.2) is 10.4 Å². The van der Waals surface area contributed by atoms with Gasteiger partial charge in [-0.05, 0) is 6.07 Å². The Kier molecular flexibility index (Phi) is 2.63. The molecule has 0 bridgehead atoms. The first-order valence-corrected chi connectivity index (χ1v) is 4.51. The average Bonchev–Trinajstić information content (AvgIpc) is 2.84. The summed E-state index contributed by atoms with van der Waals surface area (Å²) in [5, 5.41) is 3.30. The number of allylic oxidation sites excluding steroid dienone is 1. The third-order valence-corrected chi connectivity index (χ3v) is 2.13. The minimum Gasteiger partial charge on any atom is -0.295 e. The second-order valence-electron chi connectivity index (χ2n) is 3.37. The molecule has 0 aliphatic carbocycles. The van der Waals surface area contributed by atoms with E-state index in [9.17, 15) is 26.3 Å². The molecule has 2 heterocycles. The van der Waals surface area contributed by atoms with Crippen molar-refractivity contribution < 1.29 is 26.3 Å². The molecule has 0 fully saturated rings. The number of aromatic nitrogens is 1. The van der Waals surface area contributed by atoms with Gasteiger partial charge in [0.1, 0.15) is 5.69 Å². The molecule has 0 unspecified atom stereocenters. The predicted octanol–water partition coefficient (Wildman–Crippen LogP) is 2.82. The van der Waals surface area contributed by atoms with E-state index in [4.69, 9.17) is 0 Å². The van der Waals surface area contributed by atoms with E-state index in [1.807, 2.05) is 0 Å². The van der Waals surface area contributed by atoms with Gasteiger partial charge in [-0.3, -0.25) is 4.57 Å². The first-order valence-electron chi connectivity index (χ1n) is 4.51. The van der Waals surface area contributed by atoms with Crippen molar-refractivity contribution in [3.8, 4) is 0 Å². The van der Waals surface area contributed by atoms with Crippen molar-refractivity contribution in [2.45, 2.75) is 12.4 Å². The van der Waals surface area contributed by atoms with Gasteiger partial charge in [-0.15, -0.1) is 5.10 Å². The van der Waals surface area contributed by atoms with Crippen LogP contribution in [0.25, 0.3) is 0 Å². The number of alkyl halides is 6. The zero-order valence-electron chi connectivity index (χ0n) is 8.42. The molecule has 0 aromatic carbocycles. The Morgan fingerprint density at radius 2 is 1.67 bits per heavy atom. The van der Waals surface area contributed by atoms with Crippen molar-refractivity contribution >= 4 is 5.84 Å². The quantitative estimate of drug-likeness (QED) is 0.648. The van der Waals surface area contributed by atoms with Crippen LogP contribution in [-0.2, 0) is 12.4 Å². The van der Waals surface area contributed by atoms with Gasteiger partial charge >= 0.3 is 12.4 Å². The van der Waals surface area contributed by atoms with Gasteiger partial charge in [-0.2, -0.15) is 31.8 Å². The first kappa shape index (κ1) is 12.5. The molecule has 0 N–H and O–H groups in total. The summed E-state index contributed by atoms with van der Waals surface area (Å²) in [5.41, 5.74) is 0.434. The highest BCUT2D eigenvalue weighted by Crippen LogP contribution is 2.36. The van der Waals surface area contributed by atoms with Crippen molar-refractivity contribution in [1.82, 2.24) is 9.99 Å². The van der Waals surface area contributed by atoms with E-state index >= 15 is 0 Å². The monoisotopic (exact) mass is 268 g/mol. The summed E-state index contributed by atoms with van der Waals surface area (Å²) in [5.74, 6) is -0.321. The summed E-state index contributed by atoms with van der Waals surface area (Å²) >= 11 is 0. The Bertz CT molecular complexity index is 519. The van der Waals surface area contributed by atoms with Crippen molar-refractivity contribution in [3.63, 3.8) is 0 Å². The molecular formula is C9H4F6N3. The van der Waals surface area contributed by atoms with Crippen LogP contribution in [0.2, 0.25) is 0 Å². The average molecular weight is 268 g/mol.